The van der Waals surface area contributed by atoms with E-state index in [4.69, 9.17) is 10.5 Å². The van der Waals surface area contributed by atoms with Crippen LogP contribution in [0.5, 0.6) is 0 Å². The van der Waals surface area contributed by atoms with Crippen molar-refractivity contribution in [3.05, 3.63) is 47.3 Å². The second-order valence-corrected chi connectivity index (χ2v) is 7.32. The molecule has 29 heavy (non-hydrogen) atoms. The fraction of sp³-hybridized carbons (Fsp3) is 0.429. The zero-order valence-electron chi connectivity index (χ0n) is 16.8. The molecule has 1 atom stereocenters. The minimum absolute atomic E-state index is 0.0433. The van der Waals surface area contributed by atoms with Gasteiger partial charge in [0.15, 0.2) is 6.61 Å². The highest BCUT2D eigenvalue weighted by Crippen LogP contribution is 2.19. The molecular formula is C21H26N4O4. The predicted octanol–water partition coefficient (Wildman–Crippen LogP) is 1.30. The van der Waals surface area contributed by atoms with E-state index in [1.807, 2.05) is 44.2 Å². The number of aryl methyl sites for hydroxylation is 1. The number of hydrogen-bond donors (Lipinski definition) is 1. The molecule has 2 N–H and O–H groups in total. The van der Waals surface area contributed by atoms with Crippen molar-refractivity contribution in [1.29, 1.82) is 0 Å². The van der Waals surface area contributed by atoms with E-state index in [1.165, 1.54) is 4.90 Å². The van der Waals surface area contributed by atoms with Gasteiger partial charge in [-0.25, -0.2) is 4.68 Å². The molecule has 3 rings (SSSR count). The molecule has 2 amide bonds. The SMILES string of the molecule is Cc1nn(-c2ccccc2)c(C)c1CC(=O)OCC(=O)N1CCC[C@@H](C(N)=O)C1. The number of hydrogen-bond acceptors (Lipinski definition) is 5. The number of aromatic nitrogens is 2. The molecule has 0 unspecified atom stereocenters. The Morgan fingerprint density at radius 1 is 1.21 bits per heavy atom. The Balaban J connectivity index is 1.58. The van der Waals surface area contributed by atoms with Crippen LogP contribution in [0.15, 0.2) is 30.3 Å². The van der Waals surface area contributed by atoms with Gasteiger partial charge < -0.3 is 15.4 Å². The summed E-state index contributed by atoms with van der Waals surface area (Å²) in [6.07, 6.45) is 1.44. The van der Waals surface area contributed by atoms with Gasteiger partial charge in [-0.2, -0.15) is 5.10 Å². The van der Waals surface area contributed by atoms with E-state index >= 15 is 0 Å². The Morgan fingerprint density at radius 3 is 2.62 bits per heavy atom. The molecule has 1 aliphatic rings. The van der Waals surface area contributed by atoms with E-state index in [-0.39, 0.29) is 31.4 Å². The molecule has 8 heteroatoms. The van der Waals surface area contributed by atoms with Gasteiger partial charge in [-0.3, -0.25) is 14.4 Å². The van der Waals surface area contributed by atoms with E-state index in [1.54, 1.807) is 4.68 Å². The van der Waals surface area contributed by atoms with Crippen LogP contribution in [0.3, 0.4) is 0 Å². The second kappa shape index (κ2) is 8.89. The van der Waals surface area contributed by atoms with E-state index in [0.29, 0.717) is 19.4 Å². The van der Waals surface area contributed by atoms with Crippen LogP contribution in [0.25, 0.3) is 5.69 Å². The van der Waals surface area contributed by atoms with Gasteiger partial charge in [0.05, 0.1) is 23.7 Å². The molecule has 0 spiro atoms. The highest BCUT2D eigenvalue weighted by Gasteiger charge is 2.27. The maximum Gasteiger partial charge on any atom is 0.310 e. The normalized spacial score (nSPS) is 16.5. The van der Waals surface area contributed by atoms with Crippen LogP contribution in [-0.2, 0) is 25.5 Å². The molecule has 0 saturated carbocycles. The maximum absolute atomic E-state index is 12.3. The number of piperidine rings is 1. The summed E-state index contributed by atoms with van der Waals surface area (Å²) in [5, 5.41) is 4.52. The van der Waals surface area contributed by atoms with Crippen LogP contribution >= 0.6 is 0 Å². The van der Waals surface area contributed by atoms with Crippen molar-refractivity contribution in [3.63, 3.8) is 0 Å². The lowest BCUT2D eigenvalue weighted by Gasteiger charge is -2.31. The quantitative estimate of drug-likeness (QED) is 0.738. The molecule has 1 aromatic carbocycles. The number of para-hydroxylation sites is 1. The van der Waals surface area contributed by atoms with Gasteiger partial charge in [0.2, 0.25) is 5.91 Å². The van der Waals surface area contributed by atoms with Gasteiger partial charge in [-0.15, -0.1) is 0 Å². The molecule has 1 fully saturated rings. The van der Waals surface area contributed by atoms with Crippen LogP contribution in [0.1, 0.15) is 29.8 Å². The number of nitrogens with zero attached hydrogens (tertiary/aromatic N) is 3. The monoisotopic (exact) mass is 398 g/mol. The third-order valence-corrected chi connectivity index (χ3v) is 5.30. The molecule has 0 bridgehead atoms. The first-order valence-corrected chi connectivity index (χ1v) is 9.70. The van der Waals surface area contributed by atoms with Crippen LogP contribution in [0, 0.1) is 19.8 Å². The summed E-state index contributed by atoms with van der Waals surface area (Å²) < 4.78 is 6.99. The minimum Gasteiger partial charge on any atom is -0.455 e. The third kappa shape index (κ3) is 4.82. The summed E-state index contributed by atoms with van der Waals surface area (Å²) in [7, 11) is 0. The average Bonchev–Trinajstić information content (AvgIpc) is 3.01. The lowest BCUT2D eigenvalue weighted by atomic mass is 9.97. The van der Waals surface area contributed by atoms with Crippen LogP contribution in [-0.4, -0.2) is 52.2 Å². The van der Waals surface area contributed by atoms with Crippen molar-refractivity contribution in [2.45, 2.75) is 33.1 Å². The first-order chi connectivity index (χ1) is 13.9. The third-order valence-electron chi connectivity index (χ3n) is 5.30. The zero-order chi connectivity index (χ0) is 21.0. The van der Waals surface area contributed by atoms with E-state index in [9.17, 15) is 14.4 Å². The number of primary amides is 1. The minimum atomic E-state index is -0.486. The van der Waals surface area contributed by atoms with Crippen molar-refractivity contribution < 1.29 is 19.1 Å². The number of ether oxygens (including phenoxy) is 1. The Labute approximate surface area is 169 Å². The Morgan fingerprint density at radius 2 is 1.93 bits per heavy atom. The van der Waals surface area contributed by atoms with Crippen LogP contribution in [0.4, 0.5) is 0 Å². The summed E-state index contributed by atoms with van der Waals surface area (Å²) in [6.45, 7) is 4.24. The van der Waals surface area contributed by atoms with Crippen molar-refractivity contribution in [1.82, 2.24) is 14.7 Å². The summed E-state index contributed by atoms with van der Waals surface area (Å²) in [4.78, 5) is 37.5. The fourth-order valence-corrected chi connectivity index (χ4v) is 3.62. The molecule has 154 valence electrons. The fourth-order valence-electron chi connectivity index (χ4n) is 3.62. The largest absolute Gasteiger partial charge is 0.455 e. The second-order valence-electron chi connectivity index (χ2n) is 7.32. The number of nitrogens with two attached hydrogens (primary N) is 1. The van der Waals surface area contributed by atoms with Crippen molar-refractivity contribution >= 4 is 17.8 Å². The number of benzene rings is 1. The molecule has 2 aromatic rings. The molecular weight excluding hydrogens is 372 g/mol. The number of carbonyl (C=O) groups excluding carboxylic acids is 3. The number of likely N-dealkylation sites (tertiary alicyclic amines) is 1. The Bertz CT molecular complexity index is 907. The highest BCUT2D eigenvalue weighted by atomic mass is 16.5. The van der Waals surface area contributed by atoms with Crippen molar-refractivity contribution in [3.8, 4) is 5.69 Å². The molecule has 2 heterocycles. The summed E-state index contributed by atoms with van der Waals surface area (Å²) >= 11 is 0. The van der Waals surface area contributed by atoms with Gasteiger partial charge in [-0.1, -0.05) is 18.2 Å². The maximum atomic E-state index is 12.3. The summed E-state index contributed by atoms with van der Waals surface area (Å²) in [6, 6.07) is 9.66. The molecule has 0 aliphatic carbocycles. The lowest BCUT2D eigenvalue weighted by Crippen LogP contribution is -2.45. The molecule has 8 nitrogen and oxygen atoms in total. The lowest BCUT2D eigenvalue weighted by molar-refractivity contribution is -0.152. The first-order valence-electron chi connectivity index (χ1n) is 9.70. The molecule has 1 saturated heterocycles. The van der Waals surface area contributed by atoms with Gasteiger partial charge >= 0.3 is 5.97 Å². The van der Waals surface area contributed by atoms with Gasteiger partial charge in [0.1, 0.15) is 0 Å². The first kappa shape index (κ1) is 20.6. The van der Waals surface area contributed by atoms with Gasteiger partial charge in [0.25, 0.3) is 5.91 Å². The van der Waals surface area contributed by atoms with E-state index < -0.39 is 11.9 Å². The standard InChI is InChI=1S/C21H26N4O4/c1-14-18(15(2)25(23-14)17-8-4-3-5-9-17)11-20(27)29-13-19(26)24-10-6-7-16(12-24)21(22)28/h3-5,8-9,16H,6-7,10-13H2,1-2H3,(H2,22,28)/t16-/m1/s1. The summed E-state index contributed by atoms with van der Waals surface area (Å²) in [5.41, 5.74) is 8.65. The molecule has 1 aliphatic heterocycles. The number of amides is 2. The topological polar surface area (TPSA) is 108 Å². The van der Waals surface area contributed by atoms with Crippen LogP contribution < -0.4 is 5.73 Å². The highest BCUT2D eigenvalue weighted by molar-refractivity contribution is 5.83. The average molecular weight is 398 g/mol. The van der Waals surface area contributed by atoms with E-state index in [0.717, 1.165) is 22.6 Å². The number of rotatable bonds is 6. The Kier molecular flexibility index (Phi) is 6.31. The summed E-state index contributed by atoms with van der Waals surface area (Å²) in [5.74, 6) is -1.53. The molecule has 0 radical (unpaired) electrons. The van der Waals surface area contributed by atoms with Crippen molar-refractivity contribution in [2.75, 3.05) is 19.7 Å². The smallest absolute Gasteiger partial charge is 0.310 e. The number of carbonyl (C=O) groups is 3. The molecule has 1 aromatic heterocycles. The number of esters is 1. The predicted molar refractivity (Wildman–Crippen MR) is 106 cm³/mol. The van der Waals surface area contributed by atoms with Crippen LogP contribution in [0.2, 0.25) is 0 Å². The van der Waals surface area contributed by atoms with E-state index in [2.05, 4.69) is 5.10 Å². The zero-order valence-corrected chi connectivity index (χ0v) is 16.8. The Hall–Kier alpha value is -3.16. The van der Waals surface area contributed by atoms with Gasteiger partial charge in [0, 0.05) is 24.3 Å². The van der Waals surface area contributed by atoms with Crippen molar-refractivity contribution in [2.24, 2.45) is 11.7 Å². The van der Waals surface area contributed by atoms with Gasteiger partial charge in [-0.05, 0) is 38.8 Å².